The first-order chi connectivity index (χ1) is 9.77. The van der Waals surface area contributed by atoms with Crippen LogP contribution in [-0.2, 0) is 4.79 Å². The Morgan fingerprint density at radius 1 is 1.00 bits per heavy atom. The molecule has 0 N–H and O–H groups in total. The van der Waals surface area contributed by atoms with Crippen molar-refractivity contribution in [3.63, 3.8) is 0 Å². The molecule has 1 aromatic carbocycles. The lowest BCUT2D eigenvalue weighted by atomic mass is 9.88. The molecule has 2 heteroatoms. The fourth-order valence-corrected chi connectivity index (χ4v) is 2.32. The van der Waals surface area contributed by atoms with Gasteiger partial charge in [0.2, 0.25) is 0 Å². The highest BCUT2D eigenvalue weighted by Gasteiger charge is 2.20. The fourth-order valence-electron chi connectivity index (χ4n) is 2.32. The highest BCUT2D eigenvalue weighted by molar-refractivity contribution is 5.73. The maximum Gasteiger partial charge on any atom is 0.311 e. The molecule has 0 saturated heterocycles. The summed E-state index contributed by atoms with van der Waals surface area (Å²) in [6.07, 6.45) is 0.929. The number of benzene rings is 1. The van der Waals surface area contributed by atoms with Gasteiger partial charge in [-0.1, -0.05) is 60.6 Å². The normalized spacial score (nSPS) is 11.5. The van der Waals surface area contributed by atoms with Gasteiger partial charge in [-0.2, -0.15) is 0 Å². The molecular weight excluding hydrogens is 260 g/mol. The van der Waals surface area contributed by atoms with Crippen molar-refractivity contribution in [1.29, 1.82) is 0 Å². The van der Waals surface area contributed by atoms with Gasteiger partial charge in [-0.05, 0) is 40.9 Å². The van der Waals surface area contributed by atoms with Gasteiger partial charge in [0, 0.05) is 6.42 Å². The fraction of sp³-hybridized carbons (Fsp3) is 0.579. The zero-order valence-corrected chi connectivity index (χ0v) is 14.3. The van der Waals surface area contributed by atoms with Crippen molar-refractivity contribution in [2.45, 2.75) is 72.1 Å². The summed E-state index contributed by atoms with van der Waals surface area (Å²) in [5.41, 5.74) is 3.56. The summed E-state index contributed by atoms with van der Waals surface area (Å²) in [5.74, 6) is 1.69. The molecule has 0 saturated carbocycles. The van der Waals surface area contributed by atoms with Crippen LogP contribution in [0.15, 0.2) is 12.1 Å². The Bertz CT molecular complexity index is 455. The Morgan fingerprint density at radius 3 is 1.81 bits per heavy atom. The van der Waals surface area contributed by atoms with E-state index in [1.165, 1.54) is 5.56 Å². The van der Waals surface area contributed by atoms with E-state index in [4.69, 9.17) is 4.74 Å². The molecule has 0 unspecified atom stereocenters. The van der Waals surface area contributed by atoms with Gasteiger partial charge in [0.15, 0.2) is 0 Å². The van der Waals surface area contributed by atoms with Gasteiger partial charge in [0.05, 0.1) is 0 Å². The van der Waals surface area contributed by atoms with Crippen molar-refractivity contribution in [1.82, 2.24) is 0 Å². The van der Waals surface area contributed by atoms with E-state index < -0.39 is 0 Å². The van der Waals surface area contributed by atoms with Crippen molar-refractivity contribution in [3.05, 3.63) is 35.7 Å². The van der Waals surface area contributed by atoms with E-state index in [1.807, 2.05) is 0 Å². The minimum Gasteiger partial charge on any atom is -0.426 e. The van der Waals surface area contributed by atoms with E-state index in [0.29, 0.717) is 30.6 Å². The number of hydrogen-bond donors (Lipinski definition) is 0. The second-order valence-electron chi connectivity index (χ2n) is 6.57. The predicted molar refractivity (Wildman–Crippen MR) is 88.9 cm³/mol. The van der Waals surface area contributed by atoms with Crippen LogP contribution in [0, 0.1) is 6.92 Å². The van der Waals surface area contributed by atoms with Crippen molar-refractivity contribution >= 4 is 5.97 Å². The average Bonchev–Trinajstić information content (AvgIpc) is 2.37. The van der Waals surface area contributed by atoms with Gasteiger partial charge in [0.25, 0.3) is 0 Å². The first-order valence-electron chi connectivity index (χ1n) is 7.95. The summed E-state index contributed by atoms with van der Waals surface area (Å²) in [6, 6.07) is 4.38. The molecular formula is C19H29O2. The van der Waals surface area contributed by atoms with Crippen LogP contribution in [0.4, 0.5) is 0 Å². The largest absolute Gasteiger partial charge is 0.426 e. The van der Waals surface area contributed by atoms with Crippen molar-refractivity contribution in [3.8, 4) is 5.75 Å². The molecule has 0 heterocycles. The molecule has 117 valence electrons. The van der Waals surface area contributed by atoms with Crippen molar-refractivity contribution in [2.24, 2.45) is 0 Å². The summed E-state index contributed by atoms with van der Waals surface area (Å²) in [4.78, 5) is 11.9. The Morgan fingerprint density at radius 2 is 1.48 bits per heavy atom. The maximum absolute atomic E-state index is 11.9. The third-order valence-corrected chi connectivity index (χ3v) is 3.68. The van der Waals surface area contributed by atoms with Gasteiger partial charge < -0.3 is 4.74 Å². The highest BCUT2D eigenvalue weighted by Crippen LogP contribution is 2.37. The maximum atomic E-state index is 11.9. The van der Waals surface area contributed by atoms with Crippen LogP contribution >= 0.6 is 0 Å². The Hall–Kier alpha value is -1.31. The van der Waals surface area contributed by atoms with E-state index in [9.17, 15) is 4.79 Å². The van der Waals surface area contributed by atoms with Gasteiger partial charge in [0.1, 0.15) is 5.75 Å². The Kier molecular flexibility index (Phi) is 6.44. The molecule has 0 aromatic heterocycles. The van der Waals surface area contributed by atoms with Crippen LogP contribution in [0.1, 0.15) is 88.8 Å². The van der Waals surface area contributed by atoms with Crippen LogP contribution in [-0.4, -0.2) is 5.97 Å². The first kappa shape index (κ1) is 17.7. The second kappa shape index (κ2) is 7.63. The zero-order chi connectivity index (χ0) is 16.2. The summed E-state index contributed by atoms with van der Waals surface area (Å²) < 4.78 is 5.70. The molecule has 0 spiro atoms. The number of ether oxygens (including phenoxy) is 1. The van der Waals surface area contributed by atoms with Crippen LogP contribution < -0.4 is 4.74 Å². The number of carbonyl (C=O) groups excluding carboxylic acids is 1. The van der Waals surface area contributed by atoms with E-state index in [1.54, 1.807) is 0 Å². The summed E-state index contributed by atoms with van der Waals surface area (Å²) >= 11 is 0. The van der Waals surface area contributed by atoms with Crippen molar-refractivity contribution < 1.29 is 9.53 Å². The van der Waals surface area contributed by atoms with Gasteiger partial charge in [-0.3, -0.25) is 4.79 Å². The molecule has 21 heavy (non-hydrogen) atoms. The summed E-state index contributed by atoms with van der Waals surface area (Å²) in [5, 5.41) is 0. The molecule has 0 atom stereocenters. The molecule has 0 aliphatic heterocycles. The molecule has 1 radical (unpaired) electrons. The molecule has 0 amide bonds. The van der Waals surface area contributed by atoms with Crippen LogP contribution in [0.3, 0.4) is 0 Å². The zero-order valence-electron chi connectivity index (χ0n) is 14.3. The molecule has 0 fully saturated rings. The quantitative estimate of drug-likeness (QED) is 0.505. The van der Waals surface area contributed by atoms with Crippen LogP contribution in [0.25, 0.3) is 0 Å². The SMILES string of the molecule is [CH2]CCC(=O)Oc1c(C(C)C)cc(C(C)C)cc1C(C)C. The predicted octanol–water partition coefficient (Wildman–Crippen LogP) is 5.58. The number of rotatable bonds is 6. The van der Waals surface area contributed by atoms with Crippen molar-refractivity contribution in [2.75, 3.05) is 0 Å². The molecule has 2 nitrogen and oxygen atoms in total. The van der Waals surface area contributed by atoms with E-state index in [0.717, 1.165) is 16.9 Å². The van der Waals surface area contributed by atoms with E-state index in [2.05, 4.69) is 60.6 Å². The minimum absolute atomic E-state index is 0.189. The minimum atomic E-state index is -0.189. The third kappa shape index (κ3) is 4.59. The Labute approximate surface area is 129 Å². The van der Waals surface area contributed by atoms with E-state index in [-0.39, 0.29) is 5.97 Å². The van der Waals surface area contributed by atoms with Crippen LogP contribution in [0.2, 0.25) is 0 Å². The molecule has 0 aliphatic rings. The monoisotopic (exact) mass is 289 g/mol. The number of carbonyl (C=O) groups is 1. The Balaban J connectivity index is 3.39. The number of esters is 1. The highest BCUT2D eigenvalue weighted by atomic mass is 16.5. The lowest BCUT2D eigenvalue weighted by Gasteiger charge is -2.22. The first-order valence-corrected chi connectivity index (χ1v) is 7.95. The molecule has 0 aliphatic carbocycles. The summed E-state index contributed by atoms with van der Waals surface area (Å²) in [6.45, 7) is 16.7. The van der Waals surface area contributed by atoms with Gasteiger partial charge in [-0.15, -0.1) is 0 Å². The molecule has 1 aromatic rings. The molecule has 0 bridgehead atoms. The van der Waals surface area contributed by atoms with Crippen LogP contribution in [0.5, 0.6) is 5.75 Å². The molecule has 1 rings (SSSR count). The lowest BCUT2D eigenvalue weighted by Crippen LogP contribution is -2.12. The summed E-state index contributed by atoms with van der Waals surface area (Å²) in [7, 11) is 0. The van der Waals surface area contributed by atoms with Gasteiger partial charge in [-0.25, -0.2) is 0 Å². The smallest absolute Gasteiger partial charge is 0.311 e. The average molecular weight is 289 g/mol. The van der Waals surface area contributed by atoms with E-state index >= 15 is 0 Å². The second-order valence-corrected chi connectivity index (χ2v) is 6.57. The topological polar surface area (TPSA) is 26.3 Å². The third-order valence-electron chi connectivity index (χ3n) is 3.68. The lowest BCUT2D eigenvalue weighted by molar-refractivity contribution is -0.134. The number of hydrogen-bond acceptors (Lipinski definition) is 2. The standard InChI is InChI=1S/C19H29O2/c1-8-9-18(20)21-19-16(13(4)5)10-15(12(2)3)11-17(19)14(6)7/h10-14H,1,8-9H2,2-7H3. The van der Waals surface area contributed by atoms with Gasteiger partial charge >= 0.3 is 5.97 Å².